The average Bonchev–Trinajstić information content (AvgIpc) is 3.09. The number of ether oxygens (including phenoxy) is 3. The van der Waals surface area contributed by atoms with E-state index in [9.17, 15) is 9.59 Å². The van der Waals surface area contributed by atoms with Crippen LogP contribution in [0.25, 0.3) is 6.08 Å². The van der Waals surface area contributed by atoms with E-state index in [1.807, 2.05) is 31.2 Å². The van der Waals surface area contributed by atoms with Crippen LogP contribution in [0.4, 0.5) is 5.69 Å². The van der Waals surface area contributed by atoms with Crippen molar-refractivity contribution < 1.29 is 23.8 Å². The Hall–Kier alpha value is -3.28. The third-order valence-electron chi connectivity index (χ3n) is 3.79. The Morgan fingerprint density at radius 2 is 1.85 bits per heavy atom. The predicted molar refractivity (Wildman–Crippen MR) is 97.0 cm³/mol. The highest BCUT2D eigenvalue weighted by atomic mass is 16.7. The molecule has 6 nitrogen and oxygen atoms in total. The molecule has 1 aliphatic rings. The number of fused-ring (bicyclic) bond motifs is 1. The summed E-state index contributed by atoms with van der Waals surface area (Å²) in [5.74, 6) is 0.178. The van der Waals surface area contributed by atoms with Gasteiger partial charge in [-0.2, -0.15) is 0 Å². The number of carbonyl (C=O) groups excluding carboxylic acids is 2. The van der Waals surface area contributed by atoms with Crippen LogP contribution in [0.15, 0.2) is 48.5 Å². The monoisotopic (exact) mass is 353 g/mol. The Balaban J connectivity index is 1.53. The first-order chi connectivity index (χ1) is 12.5. The number of esters is 1. The van der Waals surface area contributed by atoms with Gasteiger partial charge in [-0.1, -0.05) is 29.8 Å². The fourth-order valence-corrected chi connectivity index (χ4v) is 2.33. The first kappa shape index (κ1) is 17.5. The topological polar surface area (TPSA) is 73.9 Å². The normalized spacial score (nSPS) is 13.5. The minimum absolute atomic E-state index is 0.161. The summed E-state index contributed by atoms with van der Waals surface area (Å²) in [6, 6.07) is 12.8. The summed E-state index contributed by atoms with van der Waals surface area (Å²) in [4.78, 5) is 24.1. The third kappa shape index (κ3) is 4.42. The second-order valence-corrected chi connectivity index (χ2v) is 5.88. The molecule has 2 aromatic rings. The second kappa shape index (κ2) is 7.74. The molecule has 0 unspecified atom stereocenters. The molecule has 2 aromatic carbocycles. The molecule has 0 radical (unpaired) electrons. The number of hydrogen-bond acceptors (Lipinski definition) is 5. The van der Waals surface area contributed by atoms with Crippen LogP contribution >= 0.6 is 0 Å². The van der Waals surface area contributed by atoms with Crippen LogP contribution in [0.3, 0.4) is 0 Å². The Morgan fingerprint density at radius 1 is 1.12 bits per heavy atom. The van der Waals surface area contributed by atoms with Crippen molar-refractivity contribution in [2.75, 3.05) is 12.1 Å². The van der Waals surface area contributed by atoms with Crippen molar-refractivity contribution >= 4 is 23.6 Å². The molecule has 1 aliphatic heterocycles. The van der Waals surface area contributed by atoms with E-state index in [0.717, 1.165) is 11.1 Å². The quantitative estimate of drug-likeness (QED) is 0.659. The molecule has 1 atom stereocenters. The number of nitrogens with one attached hydrogen (secondary N) is 1. The van der Waals surface area contributed by atoms with Gasteiger partial charge in [-0.3, -0.25) is 4.79 Å². The van der Waals surface area contributed by atoms with Crippen molar-refractivity contribution in [3.8, 4) is 11.5 Å². The van der Waals surface area contributed by atoms with Crippen LogP contribution in [-0.2, 0) is 14.3 Å². The van der Waals surface area contributed by atoms with Crippen molar-refractivity contribution in [3.63, 3.8) is 0 Å². The van der Waals surface area contributed by atoms with E-state index >= 15 is 0 Å². The maximum Gasteiger partial charge on any atom is 0.331 e. The molecule has 0 bridgehead atoms. The fourth-order valence-electron chi connectivity index (χ4n) is 2.33. The van der Waals surface area contributed by atoms with Crippen molar-refractivity contribution in [2.45, 2.75) is 20.0 Å². The molecule has 0 saturated carbocycles. The van der Waals surface area contributed by atoms with Crippen LogP contribution in [-0.4, -0.2) is 24.8 Å². The third-order valence-corrected chi connectivity index (χ3v) is 3.79. The molecule has 6 heteroatoms. The first-order valence-electron chi connectivity index (χ1n) is 8.17. The summed E-state index contributed by atoms with van der Waals surface area (Å²) < 4.78 is 15.6. The molecule has 1 amide bonds. The summed E-state index contributed by atoms with van der Waals surface area (Å²) in [5, 5.41) is 2.68. The number of hydrogen-bond donors (Lipinski definition) is 1. The van der Waals surface area contributed by atoms with E-state index in [4.69, 9.17) is 14.2 Å². The Bertz CT molecular complexity index is 842. The molecule has 1 N–H and O–H groups in total. The van der Waals surface area contributed by atoms with Gasteiger partial charge >= 0.3 is 5.97 Å². The minimum Gasteiger partial charge on any atom is -0.454 e. The summed E-state index contributed by atoms with van der Waals surface area (Å²) in [5.41, 5.74) is 2.56. The highest BCUT2D eigenvalue weighted by Gasteiger charge is 2.19. The standard InChI is InChI=1S/C20H19NO5/c1-13-3-5-15(6-4-13)7-10-19(22)26-14(2)20(23)21-16-8-9-17-18(11-16)25-12-24-17/h3-11,14H,12H2,1-2H3,(H,21,23)/b10-7+/t14-/m0/s1. The van der Waals surface area contributed by atoms with Gasteiger partial charge in [0.05, 0.1) is 0 Å². The van der Waals surface area contributed by atoms with Crippen molar-refractivity contribution in [2.24, 2.45) is 0 Å². The molecule has 0 saturated heterocycles. The van der Waals surface area contributed by atoms with Crippen LogP contribution in [0, 0.1) is 6.92 Å². The lowest BCUT2D eigenvalue weighted by Gasteiger charge is -2.12. The maximum atomic E-state index is 12.2. The highest BCUT2D eigenvalue weighted by Crippen LogP contribution is 2.34. The van der Waals surface area contributed by atoms with Crippen LogP contribution in [0.1, 0.15) is 18.1 Å². The summed E-state index contributed by atoms with van der Waals surface area (Å²) in [6.07, 6.45) is 2.01. The van der Waals surface area contributed by atoms with E-state index < -0.39 is 18.0 Å². The predicted octanol–water partition coefficient (Wildman–Crippen LogP) is 3.31. The SMILES string of the molecule is Cc1ccc(/C=C/C(=O)O[C@@H](C)C(=O)Nc2ccc3c(c2)OCO3)cc1. The molecule has 134 valence electrons. The van der Waals surface area contributed by atoms with Gasteiger partial charge in [-0.25, -0.2) is 4.79 Å². The van der Waals surface area contributed by atoms with E-state index in [1.54, 1.807) is 24.3 Å². The van der Waals surface area contributed by atoms with E-state index in [2.05, 4.69) is 5.32 Å². The van der Waals surface area contributed by atoms with Crippen molar-refractivity contribution in [1.29, 1.82) is 0 Å². The van der Waals surface area contributed by atoms with Crippen LogP contribution in [0.2, 0.25) is 0 Å². The zero-order chi connectivity index (χ0) is 18.5. The van der Waals surface area contributed by atoms with E-state index in [0.29, 0.717) is 17.2 Å². The van der Waals surface area contributed by atoms with Gasteiger partial charge in [0.15, 0.2) is 17.6 Å². The number of anilines is 1. The number of rotatable bonds is 5. The van der Waals surface area contributed by atoms with E-state index in [1.165, 1.54) is 13.0 Å². The number of aryl methyl sites for hydroxylation is 1. The molecular formula is C20H19NO5. The highest BCUT2D eigenvalue weighted by molar-refractivity contribution is 5.96. The lowest BCUT2D eigenvalue weighted by Crippen LogP contribution is -2.29. The van der Waals surface area contributed by atoms with Crippen molar-refractivity contribution in [3.05, 3.63) is 59.7 Å². The first-order valence-corrected chi connectivity index (χ1v) is 8.17. The molecule has 26 heavy (non-hydrogen) atoms. The second-order valence-electron chi connectivity index (χ2n) is 5.88. The largest absolute Gasteiger partial charge is 0.454 e. The van der Waals surface area contributed by atoms with Gasteiger partial charge in [0.25, 0.3) is 5.91 Å². The smallest absolute Gasteiger partial charge is 0.331 e. The average molecular weight is 353 g/mol. The molecule has 0 aromatic heterocycles. The van der Waals surface area contributed by atoms with Crippen molar-refractivity contribution in [1.82, 2.24) is 0 Å². The van der Waals surface area contributed by atoms with Gasteiger partial charge in [0.1, 0.15) is 0 Å². The van der Waals surface area contributed by atoms with Gasteiger partial charge in [-0.15, -0.1) is 0 Å². The number of benzene rings is 2. The molecule has 3 rings (SSSR count). The molecule has 1 heterocycles. The van der Waals surface area contributed by atoms with Crippen LogP contribution < -0.4 is 14.8 Å². The zero-order valence-corrected chi connectivity index (χ0v) is 14.5. The van der Waals surface area contributed by atoms with Gasteiger partial charge in [0.2, 0.25) is 6.79 Å². The molecule has 0 fully saturated rings. The lowest BCUT2D eigenvalue weighted by molar-refractivity contribution is -0.148. The molecular weight excluding hydrogens is 334 g/mol. The Labute approximate surface area is 151 Å². The number of carbonyl (C=O) groups is 2. The number of amides is 1. The lowest BCUT2D eigenvalue weighted by atomic mass is 10.1. The maximum absolute atomic E-state index is 12.2. The Kier molecular flexibility index (Phi) is 5.22. The zero-order valence-electron chi connectivity index (χ0n) is 14.5. The summed E-state index contributed by atoms with van der Waals surface area (Å²) in [6.45, 7) is 3.66. The summed E-state index contributed by atoms with van der Waals surface area (Å²) >= 11 is 0. The minimum atomic E-state index is -0.935. The van der Waals surface area contributed by atoms with Gasteiger partial charge in [0, 0.05) is 17.8 Å². The molecule has 0 aliphatic carbocycles. The summed E-state index contributed by atoms with van der Waals surface area (Å²) in [7, 11) is 0. The van der Waals surface area contributed by atoms with Gasteiger partial charge in [-0.05, 0) is 37.6 Å². The van der Waals surface area contributed by atoms with Gasteiger partial charge < -0.3 is 19.5 Å². The molecule has 0 spiro atoms. The fraction of sp³-hybridized carbons (Fsp3) is 0.200. The van der Waals surface area contributed by atoms with E-state index in [-0.39, 0.29) is 6.79 Å². The van der Waals surface area contributed by atoms with Crippen LogP contribution in [0.5, 0.6) is 11.5 Å². The Morgan fingerprint density at radius 3 is 2.62 bits per heavy atom.